The Balaban J connectivity index is 1.31. The number of nitrogens with one attached hydrogen (secondary N) is 1. The SMILES string of the molecule is CN(C)CCCNC(=O)c1ccc(-c2cn3c(-c4ccc(Oc5ccccc5)cc4)cnc3cn2)cc1. The average molecular weight is 492 g/mol. The molecule has 0 fully saturated rings. The lowest BCUT2D eigenvalue weighted by atomic mass is 10.1. The van der Waals surface area contributed by atoms with Gasteiger partial charge in [-0.2, -0.15) is 0 Å². The van der Waals surface area contributed by atoms with E-state index in [1.54, 1.807) is 6.20 Å². The Kier molecular flexibility index (Phi) is 7.23. The van der Waals surface area contributed by atoms with Crippen LogP contribution >= 0.6 is 0 Å². The van der Waals surface area contributed by atoms with E-state index in [0.29, 0.717) is 12.1 Å². The molecule has 37 heavy (non-hydrogen) atoms. The van der Waals surface area contributed by atoms with Crippen molar-refractivity contribution in [1.82, 2.24) is 24.6 Å². The van der Waals surface area contributed by atoms with E-state index in [1.165, 1.54) is 0 Å². The van der Waals surface area contributed by atoms with Gasteiger partial charge in [-0.1, -0.05) is 30.3 Å². The quantitative estimate of drug-likeness (QED) is 0.274. The highest BCUT2D eigenvalue weighted by Gasteiger charge is 2.11. The van der Waals surface area contributed by atoms with E-state index in [0.717, 1.165) is 52.6 Å². The summed E-state index contributed by atoms with van der Waals surface area (Å²) >= 11 is 0. The maximum atomic E-state index is 12.4. The zero-order chi connectivity index (χ0) is 25.6. The van der Waals surface area contributed by atoms with Gasteiger partial charge in [-0.15, -0.1) is 0 Å². The minimum Gasteiger partial charge on any atom is -0.457 e. The first-order valence-corrected chi connectivity index (χ1v) is 12.3. The molecule has 2 aromatic heterocycles. The molecule has 5 aromatic rings. The molecule has 0 saturated heterocycles. The fraction of sp³-hybridized carbons (Fsp3) is 0.167. The third-order valence-electron chi connectivity index (χ3n) is 6.04. The summed E-state index contributed by atoms with van der Waals surface area (Å²) in [6.45, 7) is 1.59. The van der Waals surface area contributed by atoms with Crippen molar-refractivity contribution in [2.45, 2.75) is 6.42 Å². The summed E-state index contributed by atoms with van der Waals surface area (Å²) in [4.78, 5) is 23.7. The second kappa shape index (κ2) is 11.1. The van der Waals surface area contributed by atoms with Gasteiger partial charge in [-0.25, -0.2) is 4.98 Å². The van der Waals surface area contributed by atoms with E-state index >= 15 is 0 Å². The van der Waals surface area contributed by atoms with Crippen molar-refractivity contribution in [3.05, 3.63) is 103 Å². The summed E-state index contributed by atoms with van der Waals surface area (Å²) in [5.41, 5.74) is 5.10. The molecule has 0 saturated carbocycles. The zero-order valence-corrected chi connectivity index (χ0v) is 21.0. The van der Waals surface area contributed by atoms with Gasteiger partial charge < -0.3 is 15.0 Å². The number of aromatic nitrogens is 3. The van der Waals surface area contributed by atoms with Crippen molar-refractivity contribution in [2.24, 2.45) is 0 Å². The molecule has 186 valence electrons. The number of fused-ring (bicyclic) bond motifs is 1. The average Bonchev–Trinajstić information content (AvgIpc) is 3.35. The predicted octanol–water partition coefficient (Wildman–Crippen LogP) is 5.54. The van der Waals surface area contributed by atoms with Crippen molar-refractivity contribution in [3.63, 3.8) is 0 Å². The Morgan fingerprint density at radius 1 is 0.865 bits per heavy atom. The summed E-state index contributed by atoms with van der Waals surface area (Å²) in [6, 6.07) is 25.2. The first-order chi connectivity index (χ1) is 18.1. The molecule has 7 heteroatoms. The molecule has 0 unspecified atom stereocenters. The number of imidazole rings is 1. The van der Waals surface area contributed by atoms with Crippen molar-refractivity contribution >= 4 is 11.6 Å². The number of hydrogen-bond acceptors (Lipinski definition) is 5. The maximum absolute atomic E-state index is 12.4. The highest BCUT2D eigenvalue weighted by Crippen LogP contribution is 2.27. The van der Waals surface area contributed by atoms with E-state index in [1.807, 2.05) is 110 Å². The van der Waals surface area contributed by atoms with Crippen LogP contribution in [0.2, 0.25) is 0 Å². The molecule has 0 spiro atoms. The van der Waals surface area contributed by atoms with Gasteiger partial charge in [-0.05, 0) is 75.6 Å². The fourth-order valence-electron chi connectivity index (χ4n) is 4.06. The van der Waals surface area contributed by atoms with Crippen LogP contribution in [0.5, 0.6) is 11.5 Å². The Labute approximate surface area is 216 Å². The van der Waals surface area contributed by atoms with Gasteiger partial charge in [-0.3, -0.25) is 14.2 Å². The number of rotatable bonds is 9. The monoisotopic (exact) mass is 491 g/mol. The first kappa shape index (κ1) is 24.2. The second-order valence-electron chi connectivity index (χ2n) is 9.07. The third-order valence-corrected chi connectivity index (χ3v) is 6.04. The van der Waals surface area contributed by atoms with E-state index < -0.39 is 0 Å². The lowest BCUT2D eigenvalue weighted by molar-refractivity contribution is 0.0952. The number of carbonyl (C=O) groups excluding carboxylic acids is 1. The molecule has 0 aliphatic carbocycles. The van der Waals surface area contributed by atoms with Gasteiger partial charge in [0.1, 0.15) is 11.5 Å². The molecule has 0 bridgehead atoms. The Hall–Kier alpha value is -4.49. The number of ether oxygens (including phenoxy) is 1. The summed E-state index contributed by atoms with van der Waals surface area (Å²) < 4.78 is 7.94. The molecule has 5 rings (SSSR count). The van der Waals surface area contributed by atoms with Crippen LogP contribution in [0.3, 0.4) is 0 Å². The third kappa shape index (κ3) is 5.85. The molecule has 0 radical (unpaired) electrons. The van der Waals surface area contributed by atoms with Crippen molar-refractivity contribution in [3.8, 4) is 34.0 Å². The van der Waals surface area contributed by atoms with Crippen LogP contribution < -0.4 is 10.1 Å². The van der Waals surface area contributed by atoms with Crippen molar-refractivity contribution in [1.29, 1.82) is 0 Å². The van der Waals surface area contributed by atoms with Gasteiger partial charge in [0, 0.05) is 29.4 Å². The highest BCUT2D eigenvalue weighted by molar-refractivity contribution is 5.94. The normalized spacial score (nSPS) is 11.1. The number of benzene rings is 3. The summed E-state index contributed by atoms with van der Waals surface area (Å²) in [7, 11) is 4.05. The number of hydrogen-bond donors (Lipinski definition) is 1. The van der Waals surface area contributed by atoms with Crippen molar-refractivity contribution < 1.29 is 9.53 Å². The lowest BCUT2D eigenvalue weighted by Gasteiger charge is -2.10. The molecule has 0 aliphatic heterocycles. The van der Waals surface area contributed by atoms with Crippen LogP contribution in [0.15, 0.2) is 97.5 Å². The first-order valence-electron chi connectivity index (χ1n) is 12.3. The van der Waals surface area contributed by atoms with E-state index in [4.69, 9.17) is 4.74 Å². The van der Waals surface area contributed by atoms with Crippen LogP contribution in [0.1, 0.15) is 16.8 Å². The summed E-state index contributed by atoms with van der Waals surface area (Å²) in [6.07, 6.45) is 6.49. The molecular weight excluding hydrogens is 462 g/mol. The predicted molar refractivity (Wildman–Crippen MR) is 146 cm³/mol. The van der Waals surface area contributed by atoms with Gasteiger partial charge in [0.25, 0.3) is 5.91 Å². The molecule has 2 heterocycles. The fourth-order valence-corrected chi connectivity index (χ4v) is 4.06. The Morgan fingerprint density at radius 2 is 1.57 bits per heavy atom. The second-order valence-corrected chi connectivity index (χ2v) is 9.07. The molecule has 1 N–H and O–H groups in total. The van der Waals surface area contributed by atoms with Gasteiger partial charge >= 0.3 is 0 Å². The molecule has 0 atom stereocenters. The van der Waals surface area contributed by atoms with Crippen LogP contribution in [0, 0.1) is 0 Å². The minimum absolute atomic E-state index is 0.0645. The van der Waals surface area contributed by atoms with Crippen LogP contribution in [-0.2, 0) is 0 Å². The molecule has 3 aromatic carbocycles. The number of carbonyl (C=O) groups is 1. The van der Waals surface area contributed by atoms with Crippen LogP contribution in [0.4, 0.5) is 0 Å². The highest BCUT2D eigenvalue weighted by atomic mass is 16.5. The van der Waals surface area contributed by atoms with E-state index in [-0.39, 0.29) is 5.91 Å². The molecular formula is C30H29N5O2. The van der Waals surface area contributed by atoms with Crippen LogP contribution in [-0.4, -0.2) is 52.4 Å². The van der Waals surface area contributed by atoms with E-state index in [2.05, 4.69) is 20.2 Å². The zero-order valence-electron chi connectivity index (χ0n) is 21.0. The Bertz CT molecular complexity index is 1480. The summed E-state index contributed by atoms with van der Waals surface area (Å²) in [5, 5.41) is 2.97. The molecule has 0 aliphatic rings. The summed E-state index contributed by atoms with van der Waals surface area (Å²) in [5.74, 6) is 1.51. The van der Waals surface area contributed by atoms with Gasteiger partial charge in [0.05, 0.1) is 23.8 Å². The largest absolute Gasteiger partial charge is 0.457 e. The minimum atomic E-state index is -0.0645. The van der Waals surface area contributed by atoms with E-state index in [9.17, 15) is 4.79 Å². The topological polar surface area (TPSA) is 71.8 Å². The maximum Gasteiger partial charge on any atom is 0.251 e. The van der Waals surface area contributed by atoms with Crippen molar-refractivity contribution in [2.75, 3.05) is 27.2 Å². The standard InChI is InChI=1S/C30H29N5O2/c1-34(2)18-6-17-31-30(36)24-11-9-22(10-12-24)27-21-35-28(19-33-29(35)20-32-27)23-13-15-26(16-14-23)37-25-7-4-3-5-8-25/h3-5,7-16,19-21H,6,17-18H2,1-2H3,(H,31,36). The molecule has 7 nitrogen and oxygen atoms in total. The van der Waals surface area contributed by atoms with Crippen LogP contribution in [0.25, 0.3) is 28.2 Å². The number of para-hydroxylation sites is 1. The number of amides is 1. The van der Waals surface area contributed by atoms with Gasteiger partial charge in [0.2, 0.25) is 0 Å². The number of nitrogens with zero attached hydrogens (tertiary/aromatic N) is 4. The smallest absolute Gasteiger partial charge is 0.251 e. The Morgan fingerprint density at radius 3 is 2.30 bits per heavy atom. The molecule has 1 amide bonds. The lowest BCUT2D eigenvalue weighted by Crippen LogP contribution is -2.27. The van der Waals surface area contributed by atoms with Gasteiger partial charge in [0.15, 0.2) is 5.65 Å².